The fourth-order valence-corrected chi connectivity index (χ4v) is 3.85. The van der Waals surface area contributed by atoms with Crippen molar-refractivity contribution >= 4 is 5.91 Å². The van der Waals surface area contributed by atoms with Crippen LogP contribution in [0.4, 0.5) is 8.78 Å². The topological polar surface area (TPSA) is 51.0 Å². The van der Waals surface area contributed by atoms with Crippen LogP contribution in [0.3, 0.4) is 0 Å². The highest BCUT2D eigenvalue weighted by Crippen LogP contribution is 2.38. The van der Waals surface area contributed by atoms with Crippen LogP contribution in [0.25, 0.3) is 0 Å². The quantitative estimate of drug-likeness (QED) is 0.858. The summed E-state index contributed by atoms with van der Waals surface area (Å²) in [6.45, 7) is 4.06. The first-order valence-corrected chi connectivity index (χ1v) is 8.54. The third-order valence-corrected chi connectivity index (χ3v) is 5.07. The van der Waals surface area contributed by atoms with Gasteiger partial charge in [-0.3, -0.25) is 4.79 Å². The molecule has 128 valence electrons. The number of rotatable bonds is 3. The third kappa shape index (κ3) is 3.53. The van der Waals surface area contributed by atoms with E-state index in [0.717, 1.165) is 25.2 Å². The van der Waals surface area contributed by atoms with E-state index in [2.05, 4.69) is 10.2 Å². The number of nitrogens with zero attached hydrogens (tertiary/aromatic N) is 4. The van der Waals surface area contributed by atoms with Crippen molar-refractivity contribution in [3.63, 3.8) is 0 Å². The van der Waals surface area contributed by atoms with E-state index >= 15 is 0 Å². The van der Waals surface area contributed by atoms with Gasteiger partial charge in [-0.05, 0) is 32.6 Å². The number of carbonyl (C=O) groups is 1. The Morgan fingerprint density at radius 3 is 2.96 bits per heavy atom. The number of aryl methyl sites for hydroxylation is 1. The smallest absolute Gasteiger partial charge is 0.248 e. The van der Waals surface area contributed by atoms with Gasteiger partial charge in [-0.2, -0.15) is 0 Å². The largest absolute Gasteiger partial charge is 0.342 e. The molecule has 1 saturated carbocycles. The van der Waals surface area contributed by atoms with Crippen molar-refractivity contribution in [3.05, 3.63) is 12.2 Å². The molecule has 0 aromatic carbocycles. The van der Waals surface area contributed by atoms with Gasteiger partial charge in [-0.15, -0.1) is 10.2 Å². The van der Waals surface area contributed by atoms with Crippen molar-refractivity contribution in [3.8, 4) is 0 Å². The van der Waals surface area contributed by atoms with Crippen LogP contribution in [-0.2, 0) is 11.3 Å². The van der Waals surface area contributed by atoms with Crippen molar-refractivity contribution < 1.29 is 13.6 Å². The number of hydrogen-bond donors (Lipinski definition) is 0. The maximum atomic E-state index is 13.6. The lowest BCUT2D eigenvalue weighted by Crippen LogP contribution is -2.45. The maximum absolute atomic E-state index is 13.6. The summed E-state index contributed by atoms with van der Waals surface area (Å²) in [6.07, 6.45) is 4.19. The average molecular weight is 326 g/mol. The summed E-state index contributed by atoms with van der Waals surface area (Å²) in [5.74, 6) is -2.26. The van der Waals surface area contributed by atoms with Crippen molar-refractivity contribution in [2.75, 3.05) is 13.1 Å². The predicted octanol–water partition coefficient (Wildman–Crippen LogP) is 2.83. The van der Waals surface area contributed by atoms with Crippen molar-refractivity contribution in [2.45, 2.75) is 63.8 Å². The van der Waals surface area contributed by atoms with Crippen molar-refractivity contribution in [2.24, 2.45) is 5.92 Å². The van der Waals surface area contributed by atoms with Crippen LogP contribution >= 0.6 is 0 Å². The molecule has 7 heteroatoms. The zero-order valence-corrected chi connectivity index (χ0v) is 13.5. The highest BCUT2D eigenvalue weighted by Gasteiger charge is 2.41. The molecule has 23 heavy (non-hydrogen) atoms. The predicted molar refractivity (Wildman–Crippen MR) is 81.2 cm³/mol. The van der Waals surface area contributed by atoms with Crippen LogP contribution in [0.1, 0.15) is 57.2 Å². The van der Waals surface area contributed by atoms with Crippen molar-refractivity contribution in [1.82, 2.24) is 19.7 Å². The summed E-state index contributed by atoms with van der Waals surface area (Å²) in [7, 11) is 0. The van der Waals surface area contributed by atoms with Gasteiger partial charge in [0, 0.05) is 44.3 Å². The molecule has 1 aromatic heterocycles. The van der Waals surface area contributed by atoms with Crippen LogP contribution in [0, 0.1) is 5.92 Å². The minimum atomic E-state index is -2.68. The number of likely N-dealkylation sites (tertiary alicyclic amines) is 1. The average Bonchev–Trinajstić information content (AvgIpc) is 3.02. The molecule has 3 rings (SSSR count). The zero-order valence-electron chi connectivity index (χ0n) is 13.5. The Labute approximate surface area is 135 Å². The fourth-order valence-electron chi connectivity index (χ4n) is 3.85. The molecule has 0 spiro atoms. The summed E-state index contributed by atoms with van der Waals surface area (Å²) in [4.78, 5) is 14.4. The molecule has 0 unspecified atom stereocenters. The molecule has 1 aliphatic heterocycles. The van der Waals surface area contributed by atoms with E-state index < -0.39 is 11.8 Å². The molecule has 0 radical (unpaired) electrons. The van der Waals surface area contributed by atoms with Gasteiger partial charge in [0.15, 0.2) is 0 Å². The molecular weight excluding hydrogens is 302 g/mol. The molecule has 5 nitrogen and oxygen atoms in total. The third-order valence-electron chi connectivity index (χ3n) is 5.07. The normalized spacial score (nSPS) is 27.9. The first kappa shape index (κ1) is 16.3. The Hall–Kier alpha value is -1.53. The van der Waals surface area contributed by atoms with Crippen LogP contribution < -0.4 is 0 Å². The fraction of sp³-hybridized carbons (Fsp3) is 0.812. The van der Waals surface area contributed by atoms with Gasteiger partial charge in [0.05, 0.1) is 0 Å². The number of carbonyl (C=O) groups excluding carboxylic acids is 1. The van der Waals surface area contributed by atoms with E-state index in [4.69, 9.17) is 0 Å². The van der Waals surface area contributed by atoms with E-state index in [-0.39, 0.29) is 24.7 Å². The lowest BCUT2D eigenvalue weighted by Gasteiger charge is -2.37. The van der Waals surface area contributed by atoms with Crippen LogP contribution in [0.5, 0.6) is 0 Å². The SMILES string of the molecule is CCn1cnnc1[C@H]1CCCN(C(=O)[C@H]2CCCC(F)(F)C2)C1. The Bertz CT molecular complexity index is 560. The maximum Gasteiger partial charge on any atom is 0.248 e. The Kier molecular flexibility index (Phi) is 4.64. The van der Waals surface area contributed by atoms with Gasteiger partial charge in [0.2, 0.25) is 11.8 Å². The van der Waals surface area contributed by atoms with E-state index in [1.54, 1.807) is 11.2 Å². The monoisotopic (exact) mass is 326 g/mol. The lowest BCUT2D eigenvalue weighted by molar-refractivity contribution is -0.144. The standard InChI is InChI=1S/C16H24F2N4O/c1-2-21-11-19-20-14(21)13-6-4-8-22(10-13)15(23)12-5-3-7-16(17,18)9-12/h11-13H,2-10H2,1H3/t12-,13-/m0/s1. The number of aromatic nitrogens is 3. The Morgan fingerprint density at radius 1 is 1.39 bits per heavy atom. The van der Waals surface area contributed by atoms with E-state index in [0.29, 0.717) is 25.9 Å². The summed E-state index contributed by atoms with van der Waals surface area (Å²) >= 11 is 0. The van der Waals surface area contributed by atoms with Crippen LogP contribution in [0.15, 0.2) is 6.33 Å². The molecule has 1 aliphatic carbocycles. The van der Waals surface area contributed by atoms with Crippen LogP contribution in [-0.4, -0.2) is 44.6 Å². The second kappa shape index (κ2) is 6.53. The van der Waals surface area contributed by atoms with Crippen molar-refractivity contribution in [1.29, 1.82) is 0 Å². The Balaban J connectivity index is 1.67. The van der Waals surface area contributed by atoms with E-state index in [9.17, 15) is 13.6 Å². The number of alkyl halides is 2. The van der Waals surface area contributed by atoms with Gasteiger partial charge in [0.1, 0.15) is 12.2 Å². The van der Waals surface area contributed by atoms with Gasteiger partial charge >= 0.3 is 0 Å². The summed E-state index contributed by atoms with van der Waals surface area (Å²) in [5.41, 5.74) is 0. The Morgan fingerprint density at radius 2 is 2.22 bits per heavy atom. The molecule has 2 aliphatic rings. The van der Waals surface area contributed by atoms with Gasteiger partial charge in [-0.1, -0.05) is 0 Å². The van der Waals surface area contributed by atoms with Crippen LogP contribution in [0.2, 0.25) is 0 Å². The minimum absolute atomic E-state index is 0.0843. The minimum Gasteiger partial charge on any atom is -0.342 e. The van der Waals surface area contributed by atoms with E-state index in [1.165, 1.54) is 0 Å². The molecule has 1 amide bonds. The molecule has 2 fully saturated rings. The zero-order chi connectivity index (χ0) is 16.4. The number of piperidine rings is 1. The van der Waals surface area contributed by atoms with Gasteiger partial charge in [-0.25, -0.2) is 8.78 Å². The first-order chi connectivity index (χ1) is 11.0. The number of hydrogen-bond acceptors (Lipinski definition) is 3. The summed E-state index contributed by atoms with van der Waals surface area (Å²) in [5, 5.41) is 8.15. The molecule has 1 saturated heterocycles. The summed E-state index contributed by atoms with van der Waals surface area (Å²) in [6, 6.07) is 0. The first-order valence-electron chi connectivity index (χ1n) is 8.54. The molecule has 0 N–H and O–H groups in total. The molecular formula is C16H24F2N4O. The molecule has 2 atom stereocenters. The highest BCUT2D eigenvalue weighted by atomic mass is 19.3. The highest BCUT2D eigenvalue weighted by molar-refractivity contribution is 5.79. The van der Waals surface area contributed by atoms with Gasteiger partial charge < -0.3 is 9.47 Å². The second-order valence-corrected chi connectivity index (χ2v) is 6.75. The van der Waals surface area contributed by atoms with E-state index in [1.807, 2.05) is 11.5 Å². The summed E-state index contributed by atoms with van der Waals surface area (Å²) < 4.78 is 29.2. The number of halogens is 2. The molecule has 1 aromatic rings. The number of amides is 1. The molecule has 2 heterocycles. The lowest BCUT2D eigenvalue weighted by atomic mass is 9.84. The second-order valence-electron chi connectivity index (χ2n) is 6.75. The molecule has 0 bridgehead atoms. The van der Waals surface area contributed by atoms with Gasteiger partial charge in [0.25, 0.3) is 0 Å².